The van der Waals surface area contributed by atoms with E-state index >= 15 is 0 Å². The topological polar surface area (TPSA) is 38.3 Å². The van der Waals surface area contributed by atoms with Crippen molar-refractivity contribution in [3.05, 3.63) is 28.2 Å². The number of hydrogen-bond acceptors (Lipinski definition) is 2. The molecule has 184 valence electrons. The number of carbonyl (C=O) groups is 1. The van der Waals surface area contributed by atoms with Gasteiger partial charge in [-0.05, 0) is 52.4 Å². The van der Waals surface area contributed by atoms with Crippen molar-refractivity contribution in [1.29, 1.82) is 0 Å². The minimum absolute atomic E-state index is 0.0439. The standard InChI is InChI=1S/C28H48BrNO2/c1-4-6-7-8-9-10-11-12-13-14-15-16-17-18-21-30-28(31)23-32-27-20-19-25(22-26(27)29)24(3)5-2/h19-20,22,24H,4-18,21,23H2,1-3H3,(H,30,31). The number of ether oxygens (including phenoxy) is 1. The molecule has 0 saturated heterocycles. The molecule has 1 amide bonds. The van der Waals surface area contributed by atoms with Gasteiger partial charge in [0.25, 0.3) is 5.91 Å². The van der Waals surface area contributed by atoms with Gasteiger partial charge in [-0.15, -0.1) is 0 Å². The van der Waals surface area contributed by atoms with Crippen molar-refractivity contribution in [3.63, 3.8) is 0 Å². The monoisotopic (exact) mass is 509 g/mol. The van der Waals surface area contributed by atoms with Gasteiger partial charge in [-0.1, -0.05) is 110 Å². The van der Waals surface area contributed by atoms with Gasteiger partial charge in [-0.25, -0.2) is 0 Å². The second-order valence-corrected chi connectivity index (χ2v) is 10.1. The molecule has 0 aliphatic carbocycles. The molecule has 0 aliphatic rings. The number of halogens is 1. The van der Waals surface area contributed by atoms with Crippen LogP contribution in [0.2, 0.25) is 0 Å². The first-order chi connectivity index (χ1) is 15.6. The first-order valence-electron chi connectivity index (χ1n) is 13.3. The second-order valence-electron chi connectivity index (χ2n) is 9.23. The van der Waals surface area contributed by atoms with Crippen LogP contribution in [0.25, 0.3) is 0 Å². The molecule has 4 heteroatoms. The lowest BCUT2D eigenvalue weighted by molar-refractivity contribution is -0.123. The predicted molar refractivity (Wildman–Crippen MR) is 142 cm³/mol. The van der Waals surface area contributed by atoms with E-state index in [2.05, 4.69) is 54.2 Å². The Labute approximate surface area is 206 Å². The lowest BCUT2D eigenvalue weighted by Crippen LogP contribution is -2.29. The summed E-state index contributed by atoms with van der Waals surface area (Å²) in [5, 5.41) is 2.98. The van der Waals surface area contributed by atoms with Crippen LogP contribution in [-0.4, -0.2) is 19.1 Å². The number of benzene rings is 1. The van der Waals surface area contributed by atoms with Crippen LogP contribution in [-0.2, 0) is 4.79 Å². The third-order valence-electron chi connectivity index (χ3n) is 6.35. The Kier molecular flexibility index (Phi) is 17.6. The maximum Gasteiger partial charge on any atom is 0.257 e. The number of nitrogens with one attached hydrogen (secondary N) is 1. The summed E-state index contributed by atoms with van der Waals surface area (Å²) in [5.41, 5.74) is 1.29. The Morgan fingerprint density at radius 1 is 0.875 bits per heavy atom. The van der Waals surface area contributed by atoms with Crippen LogP contribution in [0.3, 0.4) is 0 Å². The van der Waals surface area contributed by atoms with Crippen LogP contribution in [0.15, 0.2) is 22.7 Å². The fourth-order valence-corrected chi connectivity index (χ4v) is 4.43. The second kappa shape index (κ2) is 19.4. The summed E-state index contributed by atoms with van der Waals surface area (Å²) in [5.74, 6) is 1.20. The molecule has 1 unspecified atom stereocenters. The summed E-state index contributed by atoms with van der Waals surface area (Å²) in [6.07, 6.45) is 20.0. The van der Waals surface area contributed by atoms with Crippen molar-refractivity contribution in [1.82, 2.24) is 5.32 Å². The Morgan fingerprint density at radius 2 is 1.41 bits per heavy atom. The van der Waals surface area contributed by atoms with Crippen molar-refractivity contribution < 1.29 is 9.53 Å². The average Bonchev–Trinajstić information content (AvgIpc) is 2.80. The van der Waals surface area contributed by atoms with Gasteiger partial charge < -0.3 is 10.1 Å². The summed E-state index contributed by atoms with van der Waals surface area (Å²) in [4.78, 5) is 12.0. The first kappa shape index (κ1) is 29.0. The van der Waals surface area contributed by atoms with E-state index in [9.17, 15) is 4.79 Å². The Balaban J connectivity index is 1.95. The Hall–Kier alpha value is -1.03. The molecule has 1 aromatic carbocycles. The van der Waals surface area contributed by atoms with E-state index in [1.165, 1.54) is 89.0 Å². The highest BCUT2D eigenvalue weighted by Crippen LogP contribution is 2.30. The van der Waals surface area contributed by atoms with Crippen molar-refractivity contribution in [3.8, 4) is 5.75 Å². The molecule has 0 fully saturated rings. The van der Waals surface area contributed by atoms with Gasteiger partial charge >= 0.3 is 0 Å². The highest BCUT2D eigenvalue weighted by atomic mass is 79.9. The van der Waals surface area contributed by atoms with Gasteiger partial charge in [-0.2, -0.15) is 0 Å². The van der Waals surface area contributed by atoms with Gasteiger partial charge in [0.1, 0.15) is 5.75 Å². The summed E-state index contributed by atoms with van der Waals surface area (Å²) in [6.45, 7) is 7.49. The van der Waals surface area contributed by atoms with Gasteiger partial charge in [-0.3, -0.25) is 4.79 Å². The third-order valence-corrected chi connectivity index (χ3v) is 6.97. The SMILES string of the molecule is CCCCCCCCCCCCCCCCNC(=O)COc1ccc(C(C)CC)cc1Br. The zero-order chi connectivity index (χ0) is 23.4. The molecule has 0 aliphatic heterocycles. The van der Waals surface area contributed by atoms with E-state index in [1.807, 2.05) is 6.07 Å². The normalized spacial score (nSPS) is 12.0. The van der Waals surface area contributed by atoms with E-state index in [4.69, 9.17) is 4.74 Å². The molecule has 0 spiro atoms. The molecule has 0 saturated carbocycles. The zero-order valence-electron chi connectivity index (χ0n) is 21.0. The molecule has 0 radical (unpaired) electrons. The molecule has 0 heterocycles. The molecule has 1 rings (SSSR count). The summed E-state index contributed by atoms with van der Waals surface area (Å²) in [7, 11) is 0. The minimum Gasteiger partial charge on any atom is -0.483 e. The van der Waals surface area contributed by atoms with Gasteiger partial charge in [0.05, 0.1) is 4.47 Å². The van der Waals surface area contributed by atoms with Crippen LogP contribution >= 0.6 is 15.9 Å². The van der Waals surface area contributed by atoms with Crippen molar-refractivity contribution in [2.45, 2.75) is 123 Å². The van der Waals surface area contributed by atoms with Crippen molar-refractivity contribution >= 4 is 21.8 Å². The maximum absolute atomic E-state index is 12.0. The van der Waals surface area contributed by atoms with E-state index < -0.39 is 0 Å². The Bertz CT molecular complexity index is 605. The molecule has 0 bridgehead atoms. The van der Waals surface area contributed by atoms with E-state index in [0.717, 1.165) is 29.6 Å². The highest BCUT2D eigenvalue weighted by molar-refractivity contribution is 9.10. The number of carbonyl (C=O) groups excluding carboxylic acids is 1. The first-order valence-corrected chi connectivity index (χ1v) is 14.1. The minimum atomic E-state index is -0.0439. The smallest absolute Gasteiger partial charge is 0.257 e. The molecular weight excluding hydrogens is 462 g/mol. The lowest BCUT2D eigenvalue weighted by atomic mass is 9.99. The summed E-state index contributed by atoms with van der Waals surface area (Å²) in [6, 6.07) is 6.13. The number of hydrogen-bond donors (Lipinski definition) is 1. The van der Waals surface area contributed by atoms with Crippen LogP contribution in [0, 0.1) is 0 Å². The number of rotatable bonds is 20. The van der Waals surface area contributed by atoms with E-state index in [1.54, 1.807) is 0 Å². The number of amides is 1. The molecule has 32 heavy (non-hydrogen) atoms. The maximum atomic E-state index is 12.0. The van der Waals surface area contributed by atoms with Crippen LogP contribution in [0.4, 0.5) is 0 Å². The summed E-state index contributed by atoms with van der Waals surface area (Å²) >= 11 is 3.56. The van der Waals surface area contributed by atoms with Gasteiger partial charge in [0.15, 0.2) is 6.61 Å². The average molecular weight is 511 g/mol. The molecule has 1 aromatic rings. The highest BCUT2D eigenvalue weighted by Gasteiger charge is 2.09. The van der Waals surface area contributed by atoms with Crippen molar-refractivity contribution in [2.24, 2.45) is 0 Å². The van der Waals surface area contributed by atoms with Crippen molar-refractivity contribution in [2.75, 3.05) is 13.2 Å². The zero-order valence-corrected chi connectivity index (χ0v) is 22.6. The van der Waals surface area contributed by atoms with E-state index in [-0.39, 0.29) is 12.5 Å². The van der Waals surface area contributed by atoms with E-state index in [0.29, 0.717) is 5.92 Å². The predicted octanol–water partition coefficient (Wildman–Crippen LogP) is 8.94. The Morgan fingerprint density at radius 3 is 1.91 bits per heavy atom. The largest absolute Gasteiger partial charge is 0.483 e. The molecular formula is C28H48BrNO2. The fraction of sp³-hybridized carbons (Fsp3) is 0.750. The lowest BCUT2D eigenvalue weighted by Gasteiger charge is -2.13. The number of unbranched alkanes of at least 4 members (excludes halogenated alkanes) is 13. The summed E-state index contributed by atoms with van der Waals surface area (Å²) < 4.78 is 6.59. The van der Waals surface area contributed by atoms with Crippen LogP contribution in [0.1, 0.15) is 129 Å². The van der Waals surface area contributed by atoms with Crippen LogP contribution in [0.5, 0.6) is 5.75 Å². The molecule has 0 aromatic heterocycles. The molecule has 1 N–H and O–H groups in total. The third kappa shape index (κ3) is 14.2. The molecule has 1 atom stereocenters. The van der Waals surface area contributed by atoms with Gasteiger partial charge in [0.2, 0.25) is 0 Å². The van der Waals surface area contributed by atoms with Crippen LogP contribution < -0.4 is 10.1 Å². The molecule has 3 nitrogen and oxygen atoms in total. The van der Waals surface area contributed by atoms with Gasteiger partial charge in [0, 0.05) is 6.54 Å². The fourth-order valence-electron chi connectivity index (χ4n) is 3.92. The quantitative estimate of drug-likeness (QED) is 0.178.